The average molecular weight is 513 g/mol. The minimum absolute atomic E-state index is 0.180. The van der Waals surface area contributed by atoms with E-state index in [0.29, 0.717) is 22.9 Å². The van der Waals surface area contributed by atoms with Crippen LogP contribution >= 0.6 is 0 Å². The minimum atomic E-state index is -1.01. The summed E-state index contributed by atoms with van der Waals surface area (Å²) < 4.78 is 27.1. The number of carbonyl (C=O) groups is 1. The van der Waals surface area contributed by atoms with Crippen molar-refractivity contribution >= 4 is 28.5 Å². The van der Waals surface area contributed by atoms with Gasteiger partial charge in [0.2, 0.25) is 0 Å². The van der Waals surface area contributed by atoms with E-state index in [1.165, 1.54) is 12.3 Å². The van der Waals surface area contributed by atoms with Crippen LogP contribution < -0.4 is 4.74 Å². The number of H-pyrrole nitrogens is 1. The van der Waals surface area contributed by atoms with Crippen LogP contribution in [0.2, 0.25) is 0 Å². The van der Waals surface area contributed by atoms with Gasteiger partial charge >= 0.3 is 5.97 Å². The number of halogens is 1. The summed E-state index contributed by atoms with van der Waals surface area (Å²) in [6.45, 7) is 1.46. The van der Waals surface area contributed by atoms with Gasteiger partial charge in [0.05, 0.1) is 30.3 Å². The molecule has 2 N–H and O–H groups in total. The first-order valence-corrected chi connectivity index (χ1v) is 12.7. The van der Waals surface area contributed by atoms with Crippen molar-refractivity contribution in [3.8, 4) is 5.75 Å². The molecule has 1 aliphatic rings. The van der Waals surface area contributed by atoms with Crippen LogP contribution in [0.3, 0.4) is 0 Å². The van der Waals surface area contributed by atoms with E-state index >= 15 is 4.39 Å². The van der Waals surface area contributed by atoms with E-state index in [4.69, 9.17) is 14.6 Å². The Hall–Kier alpha value is -4.23. The molecular formula is C31H29FN2O4. The molecule has 1 saturated heterocycles. The summed E-state index contributed by atoms with van der Waals surface area (Å²) in [5.41, 5.74) is 4.64. The van der Waals surface area contributed by atoms with Crippen LogP contribution in [0.25, 0.3) is 22.6 Å². The molecule has 0 amide bonds. The first-order chi connectivity index (χ1) is 18.6. The Morgan fingerprint density at radius 1 is 1.13 bits per heavy atom. The molecule has 0 bridgehead atoms. The SMILES string of the molecule is O=C(O)C=Cc1ccc(C(=CCCc2cccc(OC3CCOCC3)c2)c2ccc3[nH]ncc3c2F)cc1. The van der Waals surface area contributed by atoms with Crippen LogP contribution in [-0.2, 0) is 16.0 Å². The molecule has 1 aromatic heterocycles. The third-order valence-electron chi connectivity index (χ3n) is 6.64. The Balaban J connectivity index is 1.39. The van der Waals surface area contributed by atoms with E-state index in [2.05, 4.69) is 28.4 Å². The number of fused-ring (bicyclic) bond motifs is 1. The summed E-state index contributed by atoms with van der Waals surface area (Å²) in [4.78, 5) is 10.9. The van der Waals surface area contributed by atoms with Gasteiger partial charge in [0.25, 0.3) is 0 Å². The summed E-state index contributed by atoms with van der Waals surface area (Å²) in [6.07, 6.45) is 9.61. The maximum absolute atomic E-state index is 15.6. The maximum atomic E-state index is 15.6. The summed E-state index contributed by atoms with van der Waals surface area (Å²) >= 11 is 0. The zero-order valence-corrected chi connectivity index (χ0v) is 20.9. The van der Waals surface area contributed by atoms with Crippen molar-refractivity contribution in [1.29, 1.82) is 0 Å². The molecule has 6 nitrogen and oxygen atoms in total. The highest BCUT2D eigenvalue weighted by Gasteiger charge is 2.16. The number of aromatic amines is 1. The highest BCUT2D eigenvalue weighted by Crippen LogP contribution is 2.31. The second-order valence-corrected chi connectivity index (χ2v) is 9.29. The summed E-state index contributed by atoms with van der Waals surface area (Å²) in [6, 6.07) is 19.2. The highest BCUT2D eigenvalue weighted by molar-refractivity contribution is 5.89. The molecule has 0 radical (unpaired) electrons. The number of carboxylic acid groups (broad SMARTS) is 1. The Bertz CT molecular complexity index is 1470. The van der Waals surface area contributed by atoms with Gasteiger partial charge in [0.1, 0.15) is 17.7 Å². The summed E-state index contributed by atoms with van der Waals surface area (Å²) in [5, 5.41) is 16.1. The Morgan fingerprint density at radius 3 is 2.74 bits per heavy atom. The first kappa shape index (κ1) is 25.4. The smallest absolute Gasteiger partial charge is 0.328 e. The quantitative estimate of drug-likeness (QED) is 0.253. The number of hydrogen-bond donors (Lipinski definition) is 2. The molecule has 1 fully saturated rings. The monoisotopic (exact) mass is 512 g/mol. The number of aliphatic carboxylic acids is 1. The second-order valence-electron chi connectivity index (χ2n) is 9.29. The van der Waals surface area contributed by atoms with E-state index in [-0.39, 0.29) is 11.9 Å². The first-order valence-electron chi connectivity index (χ1n) is 12.7. The van der Waals surface area contributed by atoms with Crippen LogP contribution in [-0.4, -0.2) is 40.6 Å². The fourth-order valence-electron chi connectivity index (χ4n) is 4.66. The van der Waals surface area contributed by atoms with Crippen molar-refractivity contribution in [1.82, 2.24) is 10.2 Å². The predicted octanol–water partition coefficient (Wildman–Crippen LogP) is 6.42. The number of aryl methyl sites for hydroxylation is 1. The van der Waals surface area contributed by atoms with Crippen molar-refractivity contribution in [3.63, 3.8) is 0 Å². The van der Waals surface area contributed by atoms with Crippen LogP contribution in [0.15, 0.2) is 79.0 Å². The zero-order valence-electron chi connectivity index (χ0n) is 20.9. The Labute approximate surface area is 220 Å². The largest absolute Gasteiger partial charge is 0.490 e. The van der Waals surface area contributed by atoms with E-state index < -0.39 is 5.97 Å². The Kier molecular flexibility index (Phi) is 7.95. The van der Waals surface area contributed by atoms with Gasteiger partial charge in [-0.3, -0.25) is 5.10 Å². The lowest BCUT2D eigenvalue weighted by Crippen LogP contribution is -2.25. The standard InChI is InChI=1S/C31H29FN2O4/c32-31-27(12-13-29-28(31)20-33-34-29)26(23-10-7-21(8-11-23)9-14-30(35)36)6-2-4-22-3-1-5-25(19-22)38-24-15-17-37-18-16-24/h1,3,5-14,19-20,24H,2,4,15-18H2,(H,33,34)(H,35,36). The van der Waals surface area contributed by atoms with Gasteiger partial charge in [-0.2, -0.15) is 5.10 Å². The van der Waals surface area contributed by atoms with Crippen LogP contribution in [0.5, 0.6) is 5.75 Å². The van der Waals surface area contributed by atoms with Gasteiger partial charge in [0, 0.05) is 24.5 Å². The molecule has 7 heteroatoms. The van der Waals surface area contributed by atoms with Crippen molar-refractivity contribution < 1.29 is 23.8 Å². The molecular weight excluding hydrogens is 483 g/mol. The fraction of sp³-hybridized carbons (Fsp3) is 0.226. The number of hydrogen-bond acceptors (Lipinski definition) is 4. The molecule has 0 unspecified atom stereocenters. The molecule has 0 atom stereocenters. The normalized spacial score (nSPS) is 14.8. The van der Waals surface area contributed by atoms with E-state index in [9.17, 15) is 4.79 Å². The minimum Gasteiger partial charge on any atom is -0.490 e. The average Bonchev–Trinajstić information content (AvgIpc) is 3.42. The summed E-state index contributed by atoms with van der Waals surface area (Å²) in [5.74, 6) is -0.475. The number of nitrogens with one attached hydrogen (secondary N) is 1. The van der Waals surface area contributed by atoms with Gasteiger partial charge in [-0.25, -0.2) is 9.18 Å². The number of rotatable bonds is 9. The maximum Gasteiger partial charge on any atom is 0.328 e. The zero-order chi connectivity index (χ0) is 26.3. The highest BCUT2D eigenvalue weighted by atomic mass is 19.1. The van der Waals surface area contributed by atoms with Gasteiger partial charge < -0.3 is 14.6 Å². The van der Waals surface area contributed by atoms with Gasteiger partial charge in [-0.05, 0) is 65.4 Å². The van der Waals surface area contributed by atoms with Gasteiger partial charge in [-0.15, -0.1) is 0 Å². The Morgan fingerprint density at radius 2 is 1.95 bits per heavy atom. The molecule has 38 heavy (non-hydrogen) atoms. The topological polar surface area (TPSA) is 84.4 Å². The van der Waals surface area contributed by atoms with Gasteiger partial charge in [-0.1, -0.05) is 42.5 Å². The molecule has 0 saturated carbocycles. The van der Waals surface area contributed by atoms with E-state index in [1.807, 2.05) is 42.5 Å². The van der Waals surface area contributed by atoms with E-state index in [0.717, 1.165) is 66.6 Å². The van der Waals surface area contributed by atoms with Crippen molar-refractivity contribution in [2.75, 3.05) is 13.2 Å². The summed E-state index contributed by atoms with van der Waals surface area (Å²) in [7, 11) is 0. The van der Waals surface area contributed by atoms with Gasteiger partial charge in [0.15, 0.2) is 0 Å². The fourth-order valence-corrected chi connectivity index (χ4v) is 4.66. The third kappa shape index (κ3) is 6.18. The number of benzene rings is 3. The molecule has 0 spiro atoms. The molecule has 3 aromatic carbocycles. The molecule has 2 heterocycles. The lowest BCUT2D eigenvalue weighted by atomic mass is 9.93. The van der Waals surface area contributed by atoms with E-state index in [1.54, 1.807) is 6.07 Å². The third-order valence-corrected chi connectivity index (χ3v) is 6.64. The number of aromatic nitrogens is 2. The number of carboxylic acids is 1. The van der Waals surface area contributed by atoms with Crippen LogP contribution in [0.1, 0.15) is 41.5 Å². The molecule has 194 valence electrons. The predicted molar refractivity (Wildman–Crippen MR) is 145 cm³/mol. The molecule has 4 aromatic rings. The number of allylic oxidation sites excluding steroid dienone is 1. The van der Waals surface area contributed by atoms with Crippen LogP contribution in [0, 0.1) is 5.82 Å². The second kappa shape index (κ2) is 11.9. The molecule has 5 rings (SSSR count). The molecule has 1 aliphatic heterocycles. The van der Waals surface area contributed by atoms with Crippen LogP contribution in [0.4, 0.5) is 4.39 Å². The van der Waals surface area contributed by atoms with Crippen molar-refractivity contribution in [3.05, 3.63) is 107 Å². The lowest BCUT2D eigenvalue weighted by Gasteiger charge is -2.23. The molecule has 0 aliphatic carbocycles. The number of nitrogens with zero attached hydrogens (tertiary/aromatic N) is 1. The lowest BCUT2D eigenvalue weighted by molar-refractivity contribution is -0.131. The van der Waals surface area contributed by atoms with Crippen molar-refractivity contribution in [2.45, 2.75) is 31.8 Å². The number of ether oxygens (including phenoxy) is 2. The van der Waals surface area contributed by atoms with Crippen molar-refractivity contribution in [2.24, 2.45) is 0 Å².